The predicted octanol–water partition coefficient (Wildman–Crippen LogP) is 3.89. The van der Waals surface area contributed by atoms with Gasteiger partial charge in [0.2, 0.25) is 0 Å². The maximum atomic E-state index is 10.5. The number of halogens is 1. The van der Waals surface area contributed by atoms with Crippen LogP contribution in [0.5, 0.6) is 0 Å². The van der Waals surface area contributed by atoms with Crippen molar-refractivity contribution in [3.05, 3.63) is 70.2 Å². The molecule has 3 N–H and O–H groups in total. The zero-order valence-electron chi connectivity index (χ0n) is 12.5. The predicted molar refractivity (Wildman–Crippen MR) is 88.4 cm³/mol. The van der Waals surface area contributed by atoms with Crippen molar-refractivity contribution in [2.45, 2.75) is 32.4 Å². The summed E-state index contributed by atoms with van der Waals surface area (Å²) in [5.74, 6) is 0.125. The molecule has 0 saturated heterocycles. The fraction of sp³-hybridized carbons (Fsp3) is 0.333. The zero-order chi connectivity index (χ0) is 15.4. The van der Waals surface area contributed by atoms with E-state index < -0.39 is 6.10 Å². The van der Waals surface area contributed by atoms with E-state index >= 15 is 0 Å². The van der Waals surface area contributed by atoms with Gasteiger partial charge in [0.05, 0.1) is 6.10 Å². The molecule has 0 radical (unpaired) electrons. The molecule has 3 atom stereocenters. The highest BCUT2D eigenvalue weighted by Gasteiger charge is 2.23. The number of aliphatic hydroxyl groups is 1. The number of aryl methyl sites for hydroxylation is 1. The number of rotatable bonds is 5. The molecule has 0 aliphatic carbocycles. The Hall–Kier alpha value is -1.35. The topological polar surface area (TPSA) is 46.2 Å². The van der Waals surface area contributed by atoms with Crippen LogP contribution in [-0.4, -0.2) is 11.1 Å². The van der Waals surface area contributed by atoms with Crippen LogP contribution in [0.1, 0.15) is 29.7 Å². The summed E-state index contributed by atoms with van der Waals surface area (Å²) in [7, 11) is 0. The standard InChI is InChI=1S/C18H22ClNO/c1-12-6-5-8-15(10-12)18(21)17(20)13(2)11-14-7-3-4-9-16(14)19/h3-10,13,17-18,21H,11,20H2,1-2H3/t13?,17-,18-/m1/s1. The fourth-order valence-corrected chi connectivity index (χ4v) is 2.75. The van der Waals surface area contributed by atoms with Gasteiger partial charge in [0.1, 0.15) is 0 Å². The zero-order valence-corrected chi connectivity index (χ0v) is 13.2. The summed E-state index contributed by atoms with van der Waals surface area (Å²) in [4.78, 5) is 0. The molecule has 3 heteroatoms. The summed E-state index contributed by atoms with van der Waals surface area (Å²) in [5.41, 5.74) is 9.31. The molecule has 0 amide bonds. The fourth-order valence-electron chi connectivity index (χ4n) is 2.53. The van der Waals surface area contributed by atoms with Gasteiger partial charge in [0.25, 0.3) is 0 Å². The summed E-state index contributed by atoms with van der Waals surface area (Å²) in [6, 6.07) is 15.3. The highest BCUT2D eigenvalue weighted by atomic mass is 35.5. The van der Waals surface area contributed by atoms with Gasteiger partial charge in [-0.3, -0.25) is 0 Å². The first-order valence-electron chi connectivity index (χ1n) is 7.22. The monoisotopic (exact) mass is 303 g/mol. The molecular formula is C18H22ClNO. The molecule has 0 bridgehead atoms. The summed E-state index contributed by atoms with van der Waals surface area (Å²) >= 11 is 6.19. The Bertz CT molecular complexity index is 599. The molecule has 2 aromatic rings. The van der Waals surface area contributed by atoms with Crippen LogP contribution in [0.3, 0.4) is 0 Å². The minimum atomic E-state index is -0.664. The second kappa shape index (κ2) is 7.08. The molecule has 0 fully saturated rings. The van der Waals surface area contributed by atoms with Gasteiger partial charge < -0.3 is 10.8 Å². The van der Waals surface area contributed by atoms with Gasteiger partial charge in [-0.15, -0.1) is 0 Å². The number of hydrogen-bond acceptors (Lipinski definition) is 2. The van der Waals surface area contributed by atoms with E-state index in [1.807, 2.05) is 62.4 Å². The molecule has 2 rings (SSSR count). The van der Waals surface area contributed by atoms with Crippen molar-refractivity contribution in [2.75, 3.05) is 0 Å². The summed E-state index contributed by atoms with van der Waals surface area (Å²) in [5, 5.41) is 11.2. The third-order valence-corrected chi connectivity index (χ3v) is 4.27. The van der Waals surface area contributed by atoms with E-state index in [1.54, 1.807) is 0 Å². The first-order valence-corrected chi connectivity index (χ1v) is 7.60. The SMILES string of the molecule is Cc1cccc([C@@H](O)[C@H](N)C(C)Cc2ccccc2Cl)c1. The number of aliphatic hydroxyl groups excluding tert-OH is 1. The highest BCUT2D eigenvalue weighted by Crippen LogP contribution is 2.25. The van der Waals surface area contributed by atoms with Crippen LogP contribution < -0.4 is 5.73 Å². The van der Waals surface area contributed by atoms with Gasteiger partial charge in [-0.2, -0.15) is 0 Å². The van der Waals surface area contributed by atoms with E-state index in [9.17, 15) is 5.11 Å². The normalized spacial score (nSPS) is 15.5. The minimum Gasteiger partial charge on any atom is -0.387 e. The van der Waals surface area contributed by atoms with Gasteiger partial charge in [0.15, 0.2) is 0 Å². The molecule has 0 aromatic heterocycles. The van der Waals surface area contributed by atoms with Crippen LogP contribution >= 0.6 is 11.6 Å². The summed E-state index contributed by atoms with van der Waals surface area (Å²) in [6.07, 6.45) is 0.0892. The van der Waals surface area contributed by atoms with Gasteiger partial charge in [-0.05, 0) is 36.5 Å². The lowest BCUT2D eigenvalue weighted by atomic mass is 9.88. The van der Waals surface area contributed by atoms with Crippen molar-refractivity contribution in [3.63, 3.8) is 0 Å². The molecule has 1 unspecified atom stereocenters. The van der Waals surface area contributed by atoms with Crippen LogP contribution in [0.4, 0.5) is 0 Å². The van der Waals surface area contributed by atoms with Crippen LogP contribution in [-0.2, 0) is 6.42 Å². The van der Waals surface area contributed by atoms with E-state index in [1.165, 1.54) is 0 Å². The van der Waals surface area contributed by atoms with E-state index in [2.05, 4.69) is 0 Å². The van der Waals surface area contributed by atoms with Crippen molar-refractivity contribution in [1.29, 1.82) is 0 Å². The second-order valence-corrected chi connectivity index (χ2v) is 6.12. The molecular weight excluding hydrogens is 282 g/mol. The summed E-state index contributed by atoms with van der Waals surface area (Å²) in [6.45, 7) is 4.06. The number of hydrogen-bond donors (Lipinski definition) is 2. The van der Waals surface area contributed by atoms with Crippen molar-refractivity contribution in [2.24, 2.45) is 11.7 Å². The van der Waals surface area contributed by atoms with Crippen LogP contribution in [0.25, 0.3) is 0 Å². The van der Waals surface area contributed by atoms with Gasteiger partial charge in [-0.1, -0.05) is 66.6 Å². The Kier molecular flexibility index (Phi) is 5.40. The molecule has 21 heavy (non-hydrogen) atoms. The van der Waals surface area contributed by atoms with Crippen LogP contribution in [0, 0.1) is 12.8 Å². The van der Waals surface area contributed by atoms with Crippen LogP contribution in [0.2, 0.25) is 5.02 Å². The lowest BCUT2D eigenvalue weighted by Gasteiger charge is -2.26. The molecule has 112 valence electrons. The lowest BCUT2D eigenvalue weighted by Crippen LogP contribution is -2.36. The Morgan fingerprint density at radius 3 is 2.52 bits per heavy atom. The third-order valence-electron chi connectivity index (χ3n) is 3.91. The van der Waals surface area contributed by atoms with Gasteiger partial charge in [-0.25, -0.2) is 0 Å². The number of benzene rings is 2. The molecule has 0 aliphatic rings. The quantitative estimate of drug-likeness (QED) is 0.880. The summed E-state index contributed by atoms with van der Waals surface area (Å²) < 4.78 is 0. The Labute approximate surface area is 131 Å². The Morgan fingerprint density at radius 2 is 1.86 bits per heavy atom. The average Bonchev–Trinajstić information content (AvgIpc) is 2.48. The third kappa shape index (κ3) is 4.07. The van der Waals surface area contributed by atoms with Crippen LogP contribution in [0.15, 0.2) is 48.5 Å². The van der Waals surface area contributed by atoms with Crippen molar-refractivity contribution in [3.8, 4) is 0 Å². The maximum Gasteiger partial charge on any atom is 0.0943 e. The van der Waals surface area contributed by atoms with Crippen molar-refractivity contribution < 1.29 is 5.11 Å². The highest BCUT2D eigenvalue weighted by molar-refractivity contribution is 6.31. The average molecular weight is 304 g/mol. The largest absolute Gasteiger partial charge is 0.387 e. The molecule has 0 aliphatic heterocycles. The lowest BCUT2D eigenvalue weighted by molar-refractivity contribution is 0.121. The van der Waals surface area contributed by atoms with Gasteiger partial charge >= 0.3 is 0 Å². The number of nitrogens with two attached hydrogens (primary N) is 1. The van der Waals surface area contributed by atoms with E-state index in [-0.39, 0.29) is 12.0 Å². The smallest absolute Gasteiger partial charge is 0.0943 e. The molecule has 2 aromatic carbocycles. The Balaban J connectivity index is 2.08. The molecule has 0 heterocycles. The minimum absolute atomic E-state index is 0.125. The first kappa shape index (κ1) is 16.0. The van der Waals surface area contributed by atoms with Gasteiger partial charge in [0, 0.05) is 11.1 Å². The van der Waals surface area contributed by atoms with E-state index in [0.29, 0.717) is 0 Å². The van der Waals surface area contributed by atoms with Crippen molar-refractivity contribution >= 4 is 11.6 Å². The van der Waals surface area contributed by atoms with Crippen molar-refractivity contribution in [1.82, 2.24) is 0 Å². The first-order chi connectivity index (χ1) is 9.99. The maximum absolute atomic E-state index is 10.5. The van der Waals surface area contributed by atoms with E-state index in [0.717, 1.165) is 28.1 Å². The van der Waals surface area contributed by atoms with E-state index in [4.69, 9.17) is 17.3 Å². The second-order valence-electron chi connectivity index (χ2n) is 5.71. The molecule has 0 saturated carbocycles. The molecule has 2 nitrogen and oxygen atoms in total. The molecule has 0 spiro atoms. The Morgan fingerprint density at radius 1 is 1.14 bits per heavy atom.